The second kappa shape index (κ2) is 5.60. The molecule has 0 atom stereocenters. The van der Waals surface area contributed by atoms with Gasteiger partial charge in [-0.2, -0.15) is 8.78 Å². The Labute approximate surface area is 128 Å². The summed E-state index contributed by atoms with van der Waals surface area (Å²) in [6.07, 6.45) is 0. The fourth-order valence-corrected chi connectivity index (χ4v) is 2.30. The van der Waals surface area contributed by atoms with Gasteiger partial charge in [-0.15, -0.1) is 0 Å². The molecule has 1 aromatic heterocycles. The summed E-state index contributed by atoms with van der Waals surface area (Å²) in [6, 6.07) is 10.3. The number of rotatable bonds is 4. The van der Waals surface area contributed by atoms with E-state index in [1.54, 1.807) is 12.1 Å². The van der Waals surface area contributed by atoms with Crippen molar-refractivity contribution in [3.8, 4) is 22.8 Å². The summed E-state index contributed by atoms with van der Waals surface area (Å²) in [5.74, 6) is -1.03. The number of phenolic OH excluding ortho intramolecular Hbond substituents is 1. The number of alkyl halides is 2. The van der Waals surface area contributed by atoms with Crippen LogP contribution in [0.3, 0.4) is 0 Å². The number of amides is 1. The minimum absolute atomic E-state index is 0.0644. The van der Waals surface area contributed by atoms with Crippen LogP contribution in [0.1, 0.15) is 10.4 Å². The largest absolute Gasteiger partial charge is 0.508 e. The molecule has 0 fully saturated rings. The zero-order valence-corrected chi connectivity index (χ0v) is 11.6. The topological polar surface area (TPSA) is 85.7 Å². The van der Waals surface area contributed by atoms with Crippen molar-refractivity contribution in [3.05, 3.63) is 48.0 Å². The second-order valence-electron chi connectivity index (χ2n) is 4.77. The number of halogens is 2. The molecule has 3 N–H and O–H groups in total. The van der Waals surface area contributed by atoms with Crippen LogP contribution in [0.4, 0.5) is 8.78 Å². The third-order valence-corrected chi connectivity index (χ3v) is 3.30. The Balaban J connectivity index is 2.18. The SMILES string of the molecule is NC(=O)c1ccc(-c2c(OC(F)F)oc3cc(O)ccc23)cc1. The van der Waals surface area contributed by atoms with Gasteiger partial charge in [0.1, 0.15) is 11.3 Å². The van der Waals surface area contributed by atoms with Crippen LogP contribution in [-0.4, -0.2) is 17.6 Å². The standard InChI is InChI=1S/C16H11F2NO4/c17-16(18)23-15-13(8-1-3-9(4-2-8)14(19)21)11-6-5-10(20)7-12(11)22-15/h1-7,16,20H,(H2,19,21). The minimum atomic E-state index is -3.06. The number of benzene rings is 2. The molecular formula is C16H11F2NO4. The van der Waals surface area contributed by atoms with E-state index in [0.29, 0.717) is 16.5 Å². The normalized spacial score (nSPS) is 11.1. The maximum Gasteiger partial charge on any atom is 0.389 e. The third-order valence-electron chi connectivity index (χ3n) is 3.30. The van der Waals surface area contributed by atoms with Crippen molar-refractivity contribution in [2.45, 2.75) is 6.61 Å². The van der Waals surface area contributed by atoms with Crippen molar-refractivity contribution in [1.82, 2.24) is 0 Å². The van der Waals surface area contributed by atoms with Crippen LogP contribution in [0.25, 0.3) is 22.1 Å². The van der Waals surface area contributed by atoms with Gasteiger partial charge in [-0.05, 0) is 29.8 Å². The average Bonchev–Trinajstić information content (AvgIpc) is 2.83. The van der Waals surface area contributed by atoms with Gasteiger partial charge in [0.15, 0.2) is 0 Å². The highest BCUT2D eigenvalue weighted by molar-refractivity contribution is 5.99. The molecule has 0 spiro atoms. The monoisotopic (exact) mass is 319 g/mol. The number of hydrogen-bond acceptors (Lipinski definition) is 4. The Kier molecular flexibility index (Phi) is 3.61. The van der Waals surface area contributed by atoms with E-state index in [0.717, 1.165) is 0 Å². The van der Waals surface area contributed by atoms with Gasteiger partial charge in [0, 0.05) is 17.0 Å². The highest BCUT2D eigenvalue weighted by Crippen LogP contribution is 2.41. The highest BCUT2D eigenvalue weighted by Gasteiger charge is 2.21. The summed E-state index contributed by atoms with van der Waals surface area (Å²) in [5.41, 5.74) is 6.48. The van der Waals surface area contributed by atoms with Gasteiger partial charge in [0.2, 0.25) is 5.91 Å². The molecular weight excluding hydrogens is 308 g/mol. The Morgan fingerprint density at radius 2 is 1.87 bits per heavy atom. The van der Waals surface area contributed by atoms with E-state index < -0.39 is 12.5 Å². The van der Waals surface area contributed by atoms with Crippen molar-refractivity contribution in [2.75, 3.05) is 0 Å². The number of furan rings is 1. The molecule has 7 heteroatoms. The lowest BCUT2D eigenvalue weighted by Crippen LogP contribution is -2.10. The summed E-state index contributed by atoms with van der Waals surface area (Å²) >= 11 is 0. The van der Waals surface area contributed by atoms with Crippen LogP contribution in [-0.2, 0) is 0 Å². The second-order valence-corrected chi connectivity index (χ2v) is 4.77. The van der Waals surface area contributed by atoms with Gasteiger partial charge >= 0.3 is 6.61 Å². The molecule has 1 heterocycles. The Morgan fingerprint density at radius 1 is 1.17 bits per heavy atom. The van der Waals surface area contributed by atoms with E-state index in [1.165, 1.54) is 30.3 Å². The summed E-state index contributed by atoms with van der Waals surface area (Å²) in [7, 11) is 0. The van der Waals surface area contributed by atoms with Crippen molar-refractivity contribution in [1.29, 1.82) is 0 Å². The summed E-state index contributed by atoms with van der Waals surface area (Å²) in [6.45, 7) is -3.06. The molecule has 0 aliphatic rings. The van der Waals surface area contributed by atoms with Gasteiger partial charge in [0.25, 0.3) is 5.95 Å². The highest BCUT2D eigenvalue weighted by atomic mass is 19.3. The first-order valence-electron chi connectivity index (χ1n) is 6.56. The number of hydrogen-bond donors (Lipinski definition) is 2. The van der Waals surface area contributed by atoms with Gasteiger partial charge < -0.3 is 20.0 Å². The first kappa shape index (κ1) is 14.8. The number of nitrogens with two attached hydrogens (primary N) is 1. The molecule has 3 rings (SSSR count). The molecule has 23 heavy (non-hydrogen) atoms. The Hall–Kier alpha value is -3.09. The first-order chi connectivity index (χ1) is 11.0. The van der Waals surface area contributed by atoms with Crippen molar-refractivity contribution < 1.29 is 27.8 Å². The fourth-order valence-electron chi connectivity index (χ4n) is 2.30. The Bertz CT molecular complexity index is 872. The number of carbonyl (C=O) groups excluding carboxylic acids is 1. The zero-order valence-electron chi connectivity index (χ0n) is 11.6. The first-order valence-corrected chi connectivity index (χ1v) is 6.56. The van der Waals surface area contributed by atoms with Crippen LogP contribution in [0, 0.1) is 0 Å². The molecule has 0 radical (unpaired) electrons. The molecule has 0 aliphatic carbocycles. The quantitative estimate of drug-likeness (QED) is 0.770. The number of primary amides is 1. The lowest BCUT2D eigenvalue weighted by Gasteiger charge is -2.05. The smallest absolute Gasteiger partial charge is 0.389 e. The summed E-state index contributed by atoms with van der Waals surface area (Å²) < 4.78 is 34.9. The molecule has 0 unspecified atom stereocenters. The molecule has 1 amide bonds. The summed E-state index contributed by atoms with van der Waals surface area (Å²) in [5, 5.41) is 9.97. The lowest BCUT2D eigenvalue weighted by atomic mass is 10.0. The van der Waals surface area contributed by atoms with E-state index in [1.807, 2.05) is 0 Å². The number of ether oxygens (including phenoxy) is 1. The number of fused-ring (bicyclic) bond motifs is 1. The van der Waals surface area contributed by atoms with Gasteiger partial charge in [-0.3, -0.25) is 4.79 Å². The molecule has 2 aromatic carbocycles. The van der Waals surface area contributed by atoms with Crippen LogP contribution in [0.2, 0.25) is 0 Å². The maximum atomic E-state index is 12.6. The van der Waals surface area contributed by atoms with Crippen LogP contribution < -0.4 is 10.5 Å². The van der Waals surface area contributed by atoms with E-state index in [2.05, 4.69) is 4.74 Å². The van der Waals surface area contributed by atoms with Crippen LogP contribution >= 0.6 is 0 Å². The number of aromatic hydroxyl groups is 1. The minimum Gasteiger partial charge on any atom is -0.508 e. The molecule has 0 saturated heterocycles. The predicted octanol–water partition coefficient (Wildman–Crippen LogP) is 3.51. The molecule has 0 saturated carbocycles. The van der Waals surface area contributed by atoms with Crippen molar-refractivity contribution in [2.24, 2.45) is 5.73 Å². The molecule has 0 aliphatic heterocycles. The lowest BCUT2D eigenvalue weighted by molar-refractivity contribution is -0.0624. The van der Waals surface area contributed by atoms with Crippen LogP contribution in [0.5, 0.6) is 11.7 Å². The van der Waals surface area contributed by atoms with Crippen molar-refractivity contribution in [3.63, 3.8) is 0 Å². The molecule has 5 nitrogen and oxygen atoms in total. The van der Waals surface area contributed by atoms with E-state index in [4.69, 9.17) is 10.2 Å². The molecule has 3 aromatic rings. The number of carbonyl (C=O) groups is 1. The summed E-state index contributed by atoms with van der Waals surface area (Å²) in [4.78, 5) is 11.1. The van der Waals surface area contributed by atoms with Gasteiger partial charge in [-0.1, -0.05) is 12.1 Å². The fraction of sp³-hybridized carbons (Fsp3) is 0.0625. The zero-order chi connectivity index (χ0) is 16.6. The number of phenols is 1. The maximum absolute atomic E-state index is 12.6. The van der Waals surface area contributed by atoms with Crippen molar-refractivity contribution >= 4 is 16.9 Å². The predicted molar refractivity (Wildman–Crippen MR) is 78.5 cm³/mol. The molecule has 0 bridgehead atoms. The average molecular weight is 319 g/mol. The van der Waals surface area contributed by atoms with Gasteiger partial charge in [-0.25, -0.2) is 0 Å². The van der Waals surface area contributed by atoms with Gasteiger partial charge in [0.05, 0.1) is 5.56 Å². The molecule has 118 valence electrons. The van der Waals surface area contributed by atoms with E-state index in [9.17, 15) is 18.7 Å². The van der Waals surface area contributed by atoms with Crippen LogP contribution in [0.15, 0.2) is 46.9 Å². The third kappa shape index (κ3) is 2.80. The van der Waals surface area contributed by atoms with E-state index in [-0.39, 0.29) is 22.8 Å². The Morgan fingerprint density at radius 3 is 2.48 bits per heavy atom. The van der Waals surface area contributed by atoms with E-state index >= 15 is 0 Å².